The molecule has 1 aliphatic carbocycles. The molecule has 2 rings (SSSR count). The number of carboxylic acids is 1. The average Bonchev–Trinajstić information content (AvgIpc) is 2.49. The Kier molecular flexibility index (Phi) is 5.67. The van der Waals surface area contributed by atoms with Crippen LogP contribution in [0.2, 0.25) is 0 Å². The summed E-state index contributed by atoms with van der Waals surface area (Å²) in [5.41, 5.74) is 0.717. The van der Waals surface area contributed by atoms with Crippen LogP contribution >= 0.6 is 11.8 Å². The molecular weight excluding hydrogens is 286 g/mol. The van der Waals surface area contributed by atoms with E-state index in [0.717, 1.165) is 25.0 Å². The Morgan fingerprint density at radius 3 is 2.43 bits per heavy atom. The molecule has 0 saturated heterocycles. The Balaban J connectivity index is 2.00. The molecule has 21 heavy (non-hydrogen) atoms. The summed E-state index contributed by atoms with van der Waals surface area (Å²) >= 11 is 1.91. The number of aromatic carboxylic acids is 1. The summed E-state index contributed by atoms with van der Waals surface area (Å²) in [6.45, 7) is 2.14. The molecule has 2 unspecified atom stereocenters. The van der Waals surface area contributed by atoms with Crippen molar-refractivity contribution in [1.29, 1.82) is 0 Å². The van der Waals surface area contributed by atoms with Gasteiger partial charge in [-0.3, -0.25) is 4.79 Å². The molecule has 1 saturated carbocycles. The number of carboxylic acid groups (broad SMARTS) is 1. The van der Waals surface area contributed by atoms with Crippen LogP contribution in [0.3, 0.4) is 0 Å². The summed E-state index contributed by atoms with van der Waals surface area (Å²) in [6, 6.07) is 6.30. The first-order valence-corrected chi connectivity index (χ1v) is 8.42. The van der Waals surface area contributed by atoms with Crippen molar-refractivity contribution in [3.8, 4) is 0 Å². The highest BCUT2D eigenvalue weighted by Crippen LogP contribution is 2.28. The van der Waals surface area contributed by atoms with Crippen LogP contribution in [0, 0.1) is 0 Å². The Bertz CT molecular complexity index is 499. The number of thioether (sulfide) groups is 1. The fourth-order valence-corrected chi connectivity index (χ4v) is 3.89. The fourth-order valence-electron chi connectivity index (χ4n) is 2.69. The second-order valence-corrected chi connectivity index (χ2v) is 6.76. The summed E-state index contributed by atoms with van der Waals surface area (Å²) < 4.78 is 0. The van der Waals surface area contributed by atoms with Crippen LogP contribution < -0.4 is 5.32 Å². The maximum atomic E-state index is 12.3. The Hall–Kier alpha value is -1.49. The van der Waals surface area contributed by atoms with Crippen molar-refractivity contribution >= 4 is 23.6 Å². The van der Waals surface area contributed by atoms with Crippen LogP contribution in [-0.2, 0) is 0 Å². The lowest BCUT2D eigenvalue weighted by Gasteiger charge is -2.31. The zero-order valence-electron chi connectivity index (χ0n) is 12.2. The van der Waals surface area contributed by atoms with E-state index in [1.807, 2.05) is 11.8 Å². The number of hydrogen-bond acceptors (Lipinski definition) is 3. The Labute approximate surface area is 129 Å². The molecule has 1 aromatic carbocycles. The molecule has 0 heterocycles. The first-order valence-electron chi connectivity index (χ1n) is 7.37. The van der Waals surface area contributed by atoms with Gasteiger partial charge in [0.25, 0.3) is 5.91 Å². The molecule has 1 amide bonds. The van der Waals surface area contributed by atoms with Crippen LogP contribution in [-0.4, -0.2) is 34.0 Å². The van der Waals surface area contributed by atoms with Gasteiger partial charge in [-0.2, -0.15) is 11.8 Å². The summed E-state index contributed by atoms with van der Waals surface area (Å²) in [4.78, 5) is 23.1. The minimum absolute atomic E-state index is 0.111. The van der Waals surface area contributed by atoms with Crippen LogP contribution in [0.25, 0.3) is 0 Å². The molecule has 1 aromatic rings. The molecule has 0 aromatic heterocycles. The van der Waals surface area contributed by atoms with Crippen molar-refractivity contribution < 1.29 is 14.7 Å². The van der Waals surface area contributed by atoms with Gasteiger partial charge in [0, 0.05) is 16.9 Å². The van der Waals surface area contributed by atoms with E-state index in [0.29, 0.717) is 10.8 Å². The monoisotopic (exact) mass is 307 g/mol. The van der Waals surface area contributed by atoms with Gasteiger partial charge in [-0.1, -0.05) is 19.8 Å². The number of amides is 1. The predicted octanol–water partition coefficient (Wildman–Crippen LogP) is 3.18. The van der Waals surface area contributed by atoms with E-state index in [2.05, 4.69) is 12.2 Å². The molecule has 114 valence electrons. The fraction of sp³-hybridized carbons (Fsp3) is 0.500. The third-order valence-electron chi connectivity index (χ3n) is 3.79. The van der Waals surface area contributed by atoms with Crippen LogP contribution in [0.4, 0.5) is 0 Å². The molecule has 0 bridgehead atoms. The predicted molar refractivity (Wildman–Crippen MR) is 85.0 cm³/mol. The van der Waals surface area contributed by atoms with E-state index in [1.54, 1.807) is 12.1 Å². The maximum absolute atomic E-state index is 12.3. The second kappa shape index (κ2) is 7.50. The number of benzene rings is 1. The third kappa shape index (κ3) is 4.24. The zero-order chi connectivity index (χ0) is 15.2. The lowest BCUT2D eigenvalue weighted by Crippen LogP contribution is -2.43. The van der Waals surface area contributed by atoms with Gasteiger partial charge in [-0.15, -0.1) is 0 Å². The molecule has 1 fully saturated rings. The topological polar surface area (TPSA) is 66.4 Å². The number of hydrogen-bond donors (Lipinski definition) is 2. The third-order valence-corrected chi connectivity index (χ3v) is 5.12. The van der Waals surface area contributed by atoms with Gasteiger partial charge < -0.3 is 10.4 Å². The van der Waals surface area contributed by atoms with Crippen LogP contribution in [0.15, 0.2) is 24.3 Å². The highest BCUT2D eigenvalue weighted by atomic mass is 32.2. The summed E-state index contributed by atoms with van der Waals surface area (Å²) in [7, 11) is 0. The lowest BCUT2D eigenvalue weighted by atomic mass is 9.94. The van der Waals surface area contributed by atoms with Gasteiger partial charge in [-0.25, -0.2) is 4.79 Å². The smallest absolute Gasteiger partial charge is 0.335 e. The van der Waals surface area contributed by atoms with E-state index in [-0.39, 0.29) is 17.5 Å². The quantitative estimate of drug-likeness (QED) is 0.877. The highest BCUT2D eigenvalue weighted by Gasteiger charge is 2.26. The molecule has 5 heteroatoms. The Morgan fingerprint density at radius 1 is 1.19 bits per heavy atom. The van der Waals surface area contributed by atoms with Gasteiger partial charge in [0.05, 0.1) is 5.56 Å². The SMILES string of the molecule is CCSC1CCCCC1NC(=O)c1ccc(C(=O)O)cc1. The molecular formula is C16H21NO3S. The van der Waals surface area contributed by atoms with Crippen molar-refractivity contribution in [1.82, 2.24) is 5.32 Å². The maximum Gasteiger partial charge on any atom is 0.335 e. The minimum Gasteiger partial charge on any atom is -0.478 e. The van der Waals surface area contributed by atoms with E-state index >= 15 is 0 Å². The van der Waals surface area contributed by atoms with E-state index in [9.17, 15) is 9.59 Å². The van der Waals surface area contributed by atoms with Gasteiger partial charge >= 0.3 is 5.97 Å². The van der Waals surface area contributed by atoms with E-state index < -0.39 is 5.97 Å². The number of carbonyl (C=O) groups is 2. The molecule has 2 atom stereocenters. The highest BCUT2D eigenvalue weighted by molar-refractivity contribution is 7.99. The standard InChI is InChI=1S/C16H21NO3S/c1-2-21-14-6-4-3-5-13(14)17-15(18)11-7-9-12(10-8-11)16(19)20/h7-10,13-14H,2-6H2,1H3,(H,17,18)(H,19,20). The molecule has 0 spiro atoms. The molecule has 1 aliphatic rings. The van der Waals surface area contributed by atoms with Crippen molar-refractivity contribution in [3.05, 3.63) is 35.4 Å². The van der Waals surface area contributed by atoms with Gasteiger partial charge in [0.1, 0.15) is 0 Å². The van der Waals surface area contributed by atoms with E-state index in [1.165, 1.54) is 18.6 Å². The van der Waals surface area contributed by atoms with Crippen molar-refractivity contribution in [2.24, 2.45) is 0 Å². The lowest BCUT2D eigenvalue weighted by molar-refractivity contribution is 0.0696. The van der Waals surface area contributed by atoms with Gasteiger partial charge in [-0.05, 0) is 42.9 Å². The average molecular weight is 307 g/mol. The van der Waals surface area contributed by atoms with Crippen LogP contribution in [0.1, 0.15) is 53.3 Å². The normalized spacial score (nSPS) is 21.8. The zero-order valence-corrected chi connectivity index (χ0v) is 13.0. The Morgan fingerprint density at radius 2 is 1.81 bits per heavy atom. The number of nitrogens with one attached hydrogen (secondary N) is 1. The van der Waals surface area contributed by atoms with Crippen molar-refractivity contribution in [3.63, 3.8) is 0 Å². The molecule has 4 nitrogen and oxygen atoms in total. The first kappa shape index (κ1) is 15.9. The van der Waals surface area contributed by atoms with Crippen molar-refractivity contribution in [2.45, 2.75) is 43.9 Å². The molecule has 2 N–H and O–H groups in total. The van der Waals surface area contributed by atoms with Gasteiger partial charge in [0.2, 0.25) is 0 Å². The van der Waals surface area contributed by atoms with E-state index in [4.69, 9.17) is 5.11 Å². The number of carbonyl (C=O) groups excluding carboxylic acids is 1. The summed E-state index contributed by atoms with van der Waals surface area (Å²) in [5.74, 6) is -0.0288. The first-order chi connectivity index (χ1) is 10.1. The number of rotatable bonds is 5. The minimum atomic E-state index is -0.978. The largest absolute Gasteiger partial charge is 0.478 e. The molecule has 0 aliphatic heterocycles. The second-order valence-electron chi connectivity index (χ2n) is 5.24. The van der Waals surface area contributed by atoms with Gasteiger partial charge in [0.15, 0.2) is 0 Å². The van der Waals surface area contributed by atoms with Crippen LogP contribution in [0.5, 0.6) is 0 Å². The molecule has 0 radical (unpaired) electrons. The summed E-state index contributed by atoms with van der Waals surface area (Å²) in [5, 5.41) is 12.5. The van der Waals surface area contributed by atoms with Crippen molar-refractivity contribution in [2.75, 3.05) is 5.75 Å². The summed E-state index contributed by atoms with van der Waals surface area (Å²) in [6.07, 6.45) is 4.57.